The van der Waals surface area contributed by atoms with Crippen molar-refractivity contribution in [1.82, 2.24) is 0 Å². The third kappa shape index (κ3) is 2.45. The molecule has 24 heavy (non-hydrogen) atoms. The van der Waals surface area contributed by atoms with Gasteiger partial charge in [-0.1, -0.05) is 54.6 Å². The van der Waals surface area contributed by atoms with Crippen molar-refractivity contribution >= 4 is 49.1 Å². The standard InChI is InChI=1S/C20H12O2P2/c21-23-15-11-14-6-2-3-7-16(14)18(12-15)20-17-8-4-1-5-13(17)9-10-19(20)24-22/h1-12H. The third-order valence-corrected chi connectivity index (χ3v) is 5.27. The number of fused-ring (bicyclic) bond motifs is 2. The Kier molecular flexibility index (Phi) is 3.94. The first-order valence-electron chi connectivity index (χ1n) is 7.53. The summed E-state index contributed by atoms with van der Waals surface area (Å²) in [6.07, 6.45) is 0. The Morgan fingerprint density at radius 3 is 2.08 bits per heavy atom. The summed E-state index contributed by atoms with van der Waals surface area (Å²) in [5.74, 6) is 0. The molecule has 0 unspecified atom stereocenters. The second-order valence-electron chi connectivity index (χ2n) is 5.58. The highest BCUT2D eigenvalue weighted by Gasteiger charge is 2.14. The summed E-state index contributed by atoms with van der Waals surface area (Å²) >= 11 is 0. The van der Waals surface area contributed by atoms with E-state index in [1.54, 1.807) is 0 Å². The van der Waals surface area contributed by atoms with E-state index in [0.717, 1.165) is 38.0 Å². The van der Waals surface area contributed by atoms with E-state index in [1.807, 2.05) is 72.8 Å². The monoisotopic (exact) mass is 346 g/mol. The van der Waals surface area contributed by atoms with Crippen LogP contribution in [0.1, 0.15) is 0 Å². The van der Waals surface area contributed by atoms with Gasteiger partial charge in [0.2, 0.25) is 0 Å². The molecule has 4 heteroatoms. The Hall–Kier alpha value is -2.40. The van der Waals surface area contributed by atoms with E-state index in [1.165, 1.54) is 0 Å². The molecule has 4 rings (SSSR count). The van der Waals surface area contributed by atoms with E-state index in [-0.39, 0.29) is 16.9 Å². The SMILES string of the molecule is O=Pc1cc(-c2c(P=O)ccc3ccccc23)c2ccccc2c1. The zero-order valence-corrected chi connectivity index (χ0v) is 14.4. The van der Waals surface area contributed by atoms with Gasteiger partial charge in [-0.15, -0.1) is 0 Å². The lowest BCUT2D eigenvalue weighted by Crippen LogP contribution is -2.02. The molecule has 114 valence electrons. The first-order chi connectivity index (χ1) is 11.8. The maximum atomic E-state index is 11.8. The average molecular weight is 346 g/mol. The largest absolute Gasteiger partial charge is 0.269 e. The molecule has 0 saturated heterocycles. The van der Waals surface area contributed by atoms with Crippen LogP contribution in [-0.4, -0.2) is 0 Å². The van der Waals surface area contributed by atoms with Crippen LogP contribution < -0.4 is 10.6 Å². The van der Waals surface area contributed by atoms with E-state index in [4.69, 9.17) is 0 Å². The molecule has 2 nitrogen and oxygen atoms in total. The van der Waals surface area contributed by atoms with Crippen molar-refractivity contribution in [3.8, 4) is 11.1 Å². The van der Waals surface area contributed by atoms with Crippen LogP contribution in [0.15, 0.2) is 72.8 Å². The number of benzene rings is 4. The molecule has 0 saturated carbocycles. The average Bonchev–Trinajstić information content (AvgIpc) is 2.66. The lowest BCUT2D eigenvalue weighted by molar-refractivity contribution is 0.602. The quantitative estimate of drug-likeness (QED) is 0.460. The summed E-state index contributed by atoms with van der Waals surface area (Å²) in [6.45, 7) is 0. The van der Waals surface area contributed by atoms with Crippen molar-refractivity contribution in [2.45, 2.75) is 0 Å². The lowest BCUT2D eigenvalue weighted by Gasteiger charge is -2.13. The van der Waals surface area contributed by atoms with Gasteiger partial charge in [0.05, 0.1) is 5.30 Å². The van der Waals surface area contributed by atoms with Gasteiger partial charge in [0.15, 0.2) is 16.9 Å². The Balaban J connectivity index is 2.21. The smallest absolute Gasteiger partial charge is 0.192 e. The number of hydrogen-bond donors (Lipinski definition) is 0. The van der Waals surface area contributed by atoms with E-state index in [9.17, 15) is 9.13 Å². The minimum Gasteiger partial charge on any atom is -0.269 e. The molecule has 0 aliphatic carbocycles. The van der Waals surface area contributed by atoms with Gasteiger partial charge in [0.25, 0.3) is 0 Å². The molecule has 0 atom stereocenters. The minimum atomic E-state index is -0.0237. The molecular formula is C20H12O2P2. The molecule has 0 amide bonds. The zero-order chi connectivity index (χ0) is 16.5. The maximum Gasteiger partial charge on any atom is 0.192 e. The van der Waals surface area contributed by atoms with E-state index < -0.39 is 0 Å². The van der Waals surface area contributed by atoms with E-state index in [0.29, 0.717) is 5.30 Å². The predicted molar refractivity (Wildman–Crippen MR) is 101 cm³/mol. The van der Waals surface area contributed by atoms with Gasteiger partial charge in [0, 0.05) is 10.9 Å². The van der Waals surface area contributed by atoms with Crippen molar-refractivity contribution < 1.29 is 9.13 Å². The van der Waals surface area contributed by atoms with Crippen LogP contribution in [0.5, 0.6) is 0 Å². The summed E-state index contributed by atoms with van der Waals surface area (Å²) in [7, 11) is -0.0439. The van der Waals surface area contributed by atoms with Crippen LogP contribution in [0.2, 0.25) is 0 Å². The van der Waals surface area contributed by atoms with Crippen molar-refractivity contribution in [3.05, 3.63) is 72.8 Å². The number of rotatable bonds is 3. The highest BCUT2D eigenvalue weighted by molar-refractivity contribution is 7.34. The fourth-order valence-electron chi connectivity index (χ4n) is 3.17. The lowest BCUT2D eigenvalue weighted by atomic mass is 9.94. The van der Waals surface area contributed by atoms with Gasteiger partial charge in [0.1, 0.15) is 0 Å². The van der Waals surface area contributed by atoms with Crippen LogP contribution in [0.3, 0.4) is 0 Å². The van der Waals surface area contributed by atoms with Crippen molar-refractivity contribution in [2.75, 3.05) is 0 Å². The fourth-order valence-corrected chi connectivity index (χ4v) is 4.01. The van der Waals surface area contributed by atoms with E-state index >= 15 is 0 Å². The first-order valence-corrected chi connectivity index (χ1v) is 9.16. The van der Waals surface area contributed by atoms with Gasteiger partial charge in [-0.05, 0) is 45.3 Å². The summed E-state index contributed by atoms with van der Waals surface area (Å²) in [6, 6.07) is 23.8. The second kappa shape index (κ2) is 6.24. The molecule has 0 N–H and O–H groups in total. The summed E-state index contributed by atoms with van der Waals surface area (Å²) < 4.78 is 23.3. The van der Waals surface area contributed by atoms with Crippen LogP contribution in [0, 0.1) is 0 Å². The fraction of sp³-hybridized carbons (Fsp3) is 0. The molecule has 0 fully saturated rings. The Morgan fingerprint density at radius 1 is 0.625 bits per heavy atom. The highest BCUT2D eigenvalue weighted by atomic mass is 31.1. The zero-order valence-electron chi connectivity index (χ0n) is 12.6. The topological polar surface area (TPSA) is 34.1 Å². The Bertz CT molecular complexity index is 1100. The van der Waals surface area contributed by atoms with Gasteiger partial charge < -0.3 is 0 Å². The van der Waals surface area contributed by atoms with Crippen molar-refractivity contribution in [1.29, 1.82) is 0 Å². The first kappa shape index (κ1) is 15.1. The molecule has 0 aliphatic rings. The predicted octanol–water partition coefficient (Wildman–Crippen LogP) is 5.49. The van der Waals surface area contributed by atoms with Crippen LogP contribution in [0.25, 0.3) is 32.7 Å². The maximum absolute atomic E-state index is 11.8. The molecule has 4 aromatic rings. The molecule has 0 aromatic heterocycles. The Labute approximate surface area is 142 Å². The molecule has 0 aliphatic heterocycles. The highest BCUT2D eigenvalue weighted by Crippen LogP contribution is 2.34. The second-order valence-corrected chi connectivity index (χ2v) is 6.94. The van der Waals surface area contributed by atoms with Gasteiger partial charge >= 0.3 is 0 Å². The van der Waals surface area contributed by atoms with Crippen molar-refractivity contribution in [3.63, 3.8) is 0 Å². The van der Waals surface area contributed by atoms with Crippen molar-refractivity contribution in [2.24, 2.45) is 0 Å². The van der Waals surface area contributed by atoms with Gasteiger partial charge in [-0.2, -0.15) is 0 Å². The molecule has 4 aromatic carbocycles. The summed E-state index contributed by atoms with van der Waals surface area (Å²) in [5.41, 5.74) is 1.90. The molecule has 0 bridgehead atoms. The molecule has 0 spiro atoms. The summed E-state index contributed by atoms with van der Waals surface area (Å²) in [5, 5.41) is 5.67. The Morgan fingerprint density at radius 2 is 1.33 bits per heavy atom. The molecule has 0 heterocycles. The molecule has 0 radical (unpaired) electrons. The minimum absolute atomic E-state index is 0.0202. The van der Waals surface area contributed by atoms with Gasteiger partial charge in [-0.25, -0.2) is 0 Å². The van der Waals surface area contributed by atoms with Gasteiger partial charge in [-0.3, -0.25) is 9.13 Å². The third-order valence-electron chi connectivity index (χ3n) is 4.23. The van der Waals surface area contributed by atoms with Crippen LogP contribution in [0.4, 0.5) is 0 Å². The molecular weight excluding hydrogens is 334 g/mol. The van der Waals surface area contributed by atoms with E-state index in [2.05, 4.69) is 0 Å². The normalized spacial score (nSPS) is 11.5. The summed E-state index contributed by atoms with van der Waals surface area (Å²) in [4.78, 5) is 0. The van der Waals surface area contributed by atoms with Crippen LogP contribution >= 0.6 is 16.9 Å². The van der Waals surface area contributed by atoms with Crippen LogP contribution in [-0.2, 0) is 9.13 Å². The number of hydrogen-bond acceptors (Lipinski definition) is 2.